The van der Waals surface area contributed by atoms with E-state index in [1.807, 2.05) is 19.1 Å². The molecule has 0 bridgehead atoms. The third-order valence-corrected chi connectivity index (χ3v) is 3.18. The summed E-state index contributed by atoms with van der Waals surface area (Å²) < 4.78 is 5.61. The van der Waals surface area contributed by atoms with Gasteiger partial charge >= 0.3 is 0 Å². The Morgan fingerprint density at radius 1 is 1.12 bits per heavy atom. The minimum Gasteiger partial charge on any atom is -0.494 e. The van der Waals surface area contributed by atoms with Crippen molar-refractivity contribution in [2.45, 2.75) is 40.2 Å². The smallest absolute Gasteiger partial charge is 0.123 e. The van der Waals surface area contributed by atoms with E-state index in [1.165, 1.54) is 18.4 Å². The van der Waals surface area contributed by atoms with E-state index in [4.69, 9.17) is 4.74 Å². The van der Waals surface area contributed by atoms with E-state index in [1.54, 1.807) is 0 Å². The second-order valence-corrected chi connectivity index (χ2v) is 4.35. The maximum absolute atomic E-state index is 5.61. The van der Waals surface area contributed by atoms with Crippen molar-refractivity contribution in [1.29, 1.82) is 0 Å². The molecular formula is C15H25NO. The topological polar surface area (TPSA) is 21.3 Å². The van der Waals surface area contributed by atoms with Crippen molar-refractivity contribution in [2.75, 3.05) is 13.2 Å². The van der Waals surface area contributed by atoms with E-state index in [2.05, 4.69) is 31.3 Å². The van der Waals surface area contributed by atoms with Gasteiger partial charge in [-0.15, -0.1) is 0 Å². The van der Waals surface area contributed by atoms with Crippen LogP contribution in [0.3, 0.4) is 0 Å². The molecule has 0 saturated carbocycles. The number of rotatable bonds is 8. The highest BCUT2D eigenvalue weighted by molar-refractivity contribution is 5.33. The van der Waals surface area contributed by atoms with Gasteiger partial charge in [0, 0.05) is 12.1 Å². The quantitative estimate of drug-likeness (QED) is 0.743. The highest BCUT2D eigenvalue weighted by atomic mass is 16.5. The van der Waals surface area contributed by atoms with Crippen molar-refractivity contribution in [3.63, 3.8) is 0 Å². The van der Waals surface area contributed by atoms with Crippen molar-refractivity contribution >= 4 is 0 Å². The molecule has 1 aromatic rings. The average Bonchev–Trinajstić information content (AvgIpc) is 2.37. The number of ether oxygens (including phenoxy) is 1. The Bertz CT molecular complexity index is 308. The van der Waals surface area contributed by atoms with Crippen LogP contribution in [-0.4, -0.2) is 13.2 Å². The van der Waals surface area contributed by atoms with Crippen molar-refractivity contribution in [3.05, 3.63) is 29.8 Å². The van der Waals surface area contributed by atoms with Gasteiger partial charge in [0.25, 0.3) is 0 Å². The normalized spacial score (nSPS) is 10.8. The Morgan fingerprint density at radius 3 is 2.47 bits per heavy atom. The molecule has 0 radical (unpaired) electrons. The first-order valence-corrected chi connectivity index (χ1v) is 6.73. The van der Waals surface area contributed by atoms with Gasteiger partial charge in [0.2, 0.25) is 0 Å². The largest absolute Gasteiger partial charge is 0.494 e. The molecule has 0 fully saturated rings. The summed E-state index contributed by atoms with van der Waals surface area (Å²) in [6.07, 6.45) is 2.49. The lowest BCUT2D eigenvalue weighted by Crippen LogP contribution is -2.22. The summed E-state index contributed by atoms with van der Waals surface area (Å²) >= 11 is 0. The monoisotopic (exact) mass is 235 g/mol. The van der Waals surface area contributed by atoms with Crippen LogP contribution in [0.15, 0.2) is 24.3 Å². The Labute approximate surface area is 105 Å². The van der Waals surface area contributed by atoms with Crippen molar-refractivity contribution < 1.29 is 4.74 Å². The molecule has 2 heteroatoms. The predicted octanol–water partition coefficient (Wildman–Crippen LogP) is 3.61. The number of benzene rings is 1. The summed E-state index contributed by atoms with van der Waals surface area (Å²) in [7, 11) is 0. The summed E-state index contributed by atoms with van der Waals surface area (Å²) in [6, 6.07) is 8.26. The van der Waals surface area contributed by atoms with Gasteiger partial charge in [0.15, 0.2) is 0 Å². The molecular weight excluding hydrogens is 210 g/mol. The van der Waals surface area contributed by atoms with E-state index >= 15 is 0 Å². The first kappa shape index (κ1) is 14.0. The fourth-order valence-electron chi connectivity index (χ4n) is 1.93. The van der Waals surface area contributed by atoms with Gasteiger partial charge in [-0.2, -0.15) is 0 Å². The molecule has 96 valence electrons. The minimum absolute atomic E-state index is 0.726. The Hall–Kier alpha value is -1.02. The second kappa shape index (κ2) is 8.13. The number of hydrogen-bond donors (Lipinski definition) is 1. The zero-order chi connectivity index (χ0) is 12.5. The van der Waals surface area contributed by atoms with Gasteiger partial charge in [-0.1, -0.05) is 44.9 Å². The van der Waals surface area contributed by atoms with Crippen molar-refractivity contribution in [3.8, 4) is 5.75 Å². The Balaban J connectivity index is 2.45. The molecule has 0 saturated heterocycles. The van der Waals surface area contributed by atoms with Crippen LogP contribution in [0.5, 0.6) is 5.75 Å². The summed E-state index contributed by atoms with van der Waals surface area (Å²) in [5, 5.41) is 3.52. The van der Waals surface area contributed by atoms with Crippen LogP contribution in [0.25, 0.3) is 0 Å². The molecule has 0 aromatic heterocycles. The van der Waals surface area contributed by atoms with E-state index < -0.39 is 0 Å². The highest BCUT2D eigenvalue weighted by Gasteiger charge is 2.05. The van der Waals surface area contributed by atoms with Gasteiger partial charge in [-0.25, -0.2) is 0 Å². The Morgan fingerprint density at radius 2 is 1.82 bits per heavy atom. The van der Waals surface area contributed by atoms with E-state index in [-0.39, 0.29) is 0 Å². The molecule has 2 nitrogen and oxygen atoms in total. The lowest BCUT2D eigenvalue weighted by Gasteiger charge is -2.15. The fraction of sp³-hybridized carbons (Fsp3) is 0.600. The van der Waals surface area contributed by atoms with Gasteiger partial charge in [-0.05, 0) is 25.5 Å². The van der Waals surface area contributed by atoms with E-state index in [0.717, 1.165) is 31.4 Å². The molecule has 0 heterocycles. The molecule has 0 unspecified atom stereocenters. The molecule has 0 amide bonds. The Kier molecular flexibility index (Phi) is 6.71. The minimum atomic E-state index is 0.726. The van der Waals surface area contributed by atoms with Gasteiger partial charge < -0.3 is 10.1 Å². The molecule has 17 heavy (non-hydrogen) atoms. The molecule has 0 aliphatic carbocycles. The summed E-state index contributed by atoms with van der Waals surface area (Å²) in [5.74, 6) is 1.79. The summed E-state index contributed by atoms with van der Waals surface area (Å²) in [5.41, 5.74) is 1.25. The van der Waals surface area contributed by atoms with Crippen LogP contribution >= 0.6 is 0 Å². The van der Waals surface area contributed by atoms with Crippen LogP contribution < -0.4 is 10.1 Å². The molecule has 0 spiro atoms. The molecule has 0 atom stereocenters. The first-order chi connectivity index (χ1) is 8.31. The average molecular weight is 235 g/mol. The maximum atomic E-state index is 5.61. The molecule has 0 aliphatic heterocycles. The third-order valence-electron chi connectivity index (χ3n) is 3.18. The van der Waals surface area contributed by atoms with Gasteiger partial charge in [-0.3, -0.25) is 0 Å². The van der Waals surface area contributed by atoms with E-state index in [9.17, 15) is 0 Å². The van der Waals surface area contributed by atoms with Gasteiger partial charge in [0.1, 0.15) is 5.75 Å². The first-order valence-electron chi connectivity index (χ1n) is 6.73. The predicted molar refractivity (Wildman–Crippen MR) is 73.4 cm³/mol. The number of para-hydroxylation sites is 1. The van der Waals surface area contributed by atoms with Crippen LogP contribution in [-0.2, 0) is 6.54 Å². The molecule has 1 N–H and O–H groups in total. The van der Waals surface area contributed by atoms with Crippen molar-refractivity contribution in [2.24, 2.45) is 5.92 Å². The van der Waals surface area contributed by atoms with Crippen molar-refractivity contribution in [1.82, 2.24) is 5.32 Å². The van der Waals surface area contributed by atoms with Gasteiger partial charge in [0.05, 0.1) is 6.61 Å². The highest BCUT2D eigenvalue weighted by Crippen LogP contribution is 2.17. The number of nitrogens with one attached hydrogen (secondary N) is 1. The molecule has 0 aliphatic rings. The summed E-state index contributed by atoms with van der Waals surface area (Å²) in [4.78, 5) is 0. The standard InChI is InChI=1S/C15H25NO/c1-4-13(5-2)11-16-12-14-9-7-8-10-15(14)17-6-3/h7-10,13,16H,4-6,11-12H2,1-3H3. The number of hydrogen-bond acceptors (Lipinski definition) is 2. The second-order valence-electron chi connectivity index (χ2n) is 4.35. The SMILES string of the molecule is CCOc1ccccc1CNCC(CC)CC. The fourth-order valence-corrected chi connectivity index (χ4v) is 1.93. The lowest BCUT2D eigenvalue weighted by molar-refractivity contribution is 0.334. The summed E-state index contributed by atoms with van der Waals surface area (Å²) in [6.45, 7) is 9.24. The van der Waals surface area contributed by atoms with Crippen LogP contribution in [0.1, 0.15) is 39.2 Å². The zero-order valence-corrected chi connectivity index (χ0v) is 11.3. The zero-order valence-electron chi connectivity index (χ0n) is 11.3. The third kappa shape index (κ3) is 4.78. The molecule has 1 rings (SSSR count). The van der Waals surface area contributed by atoms with Crippen LogP contribution in [0, 0.1) is 5.92 Å². The lowest BCUT2D eigenvalue weighted by atomic mass is 10.0. The maximum Gasteiger partial charge on any atom is 0.123 e. The van der Waals surface area contributed by atoms with Crippen LogP contribution in [0.2, 0.25) is 0 Å². The molecule has 1 aromatic carbocycles. The van der Waals surface area contributed by atoms with Crippen LogP contribution in [0.4, 0.5) is 0 Å². The van der Waals surface area contributed by atoms with E-state index in [0.29, 0.717) is 0 Å².